The first-order valence-corrected chi connectivity index (χ1v) is 3.47. The number of carboxylic acid groups (broad SMARTS) is 1. The minimum absolute atomic E-state index is 0.139. The Hall–Kier alpha value is -0.570. The van der Waals surface area contributed by atoms with Crippen molar-refractivity contribution in [3.8, 4) is 0 Å². The van der Waals surface area contributed by atoms with Gasteiger partial charge in [0.05, 0.1) is 5.92 Å². The summed E-state index contributed by atoms with van der Waals surface area (Å²) < 4.78 is 4.86. The summed E-state index contributed by atoms with van der Waals surface area (Å²) in [5.74, 6) is -0.546. The molecule has 1 aliphatic rings. The Labute approximate surface area is 60.0 Å². The molecule has 0 amide bonds. The van der Waals surface area contributed by atoms with E-state index in [1.54, 1.807) is 7.11 Å². The van der Waals surface area contributed by atoms with Crippen LogP contribution in [0.5, 0.6) is 0 Å². The van der Waals surface area contributed by atoms with Crippen molar-refractivity contribution in [2.45, 2.75) is 12.8 Å². The van der Waals surface area contributed by atoms with Gasteiger partial charge in [-0.25, -0.2) is 0 Å². The molecule has 10 heavy (non-hydrogen) atoms. The van der Waals surface area contributed by atoms with E-state index in [1.165, 1.54) is 0 Å². The molecule has 0 aromatic rings. The van der Waals surface area contributed by atoms with E-state index in [1.807, 2.05) is 0 Å². The molecule has 1 aliphatic carbocycles. The molecule has 0 aromatic carbocycles. The average molecular weight is 144 g/mol. The van der Waals surface area contributed by atoms with Crippen LogP contribution >= 0.6 is 0 Å². The Morgan fingerprint density at radius 3 is 2.70 bits per heavy atom. The Balaban J connectivity index is 2.28. The molecule has 58 valence electrons. The second-order valence-corrected chi connectivity index (χ2v) is 2.74. The highest BCUT2D eigenvalue weighted by Crippen LogP contribution is 2.34. The summed E-state index contributed by atoms with van der Waals surface area (Å²) in [6.07, 6.45) is 1.83. The molecule has 0 saturated heterocycles. The molecule has 0 spiro atoms. The lowest BCUT2D eigenvalue weighted by Gasteiger charge is -2.32. The summed E-state index contributed by atoms with van der Waals surface area (Å²) in [5, 5.41) is 8.57. The Bertz CT molecular complexity index is 133. The van der Waals surface area contributed by atoms with Crippen LogP contribution in [-0.2, 0) is 9.53 Å². The SMILES string of the molecule is COC[C@@H]1CC[C@H]1C(=O)O. The van der Waals surface area contributed by atoms with E-state index in [0.29, 0.717) is 6.61 Å². The highest BCUT2D eigenvalue weighted by molar-refractivity contribution is 5.71. The van der Waals surface area contributed by atoms with E-state index >= 15 is 0 Å². The molecular formula is C7H12O3. The third-order valence-corrected chi connectivity index (χ3v) is 2.12. The van der Waals surface area contributed by atoms with Gasteiger partial charge in [-0.05, 0) is 18.8 Å². The van der Waals surface area contributed by atoms with Crippen LogP contribution in [0, 0.1) is 11.8 Å². The van der Waals surface area contributed by atoms with Crippen LogP contribution in [0.3, 0.4) is 0 Å². The maximum atomic E-state index is 10.4. The number of hydrogen-bond donors (Lipinski definition) is 1. The lowest BCUT2D eigenvalue weighted by Crippen LogP contribution is -2.35. The smallest absolute Gasteiger partial charge is 0.306 e. The molecular weight excluding hydrogens is 132 g/mol. The number of methoxy groups -OCH3 is 1. The fourth-order valence-corrected chi connectivity index (χ4v) is 1.31. The zero-order chi connectivity index (χ0) is 7.56. The van der Waals surface area contributed by atoms with Gasteiger partial charge in [-0.2, -0.15) is 0 Å². The first kappa shape index (κ1) is 7.54. The Kier molecular flexibility index (Phi) is 2.27. The molecule has 0 heterocycles. The van der Waals surface area contributed by atoms with E-state index in [4.69, 9.17) is 9.84 Å². The van der Waals surface area contributed by atoms with E-state index in [2.05, 4.69) is 0 Å². The molecule has 3 nitrogen and oxygen atoms in total. The molecule has 0 unspecified atom stereocenters. The number of ether oxygens (including phenoxy) is 1. The zero-order valence-electron chi connectivity index (χ0n) is 6.04. The zero-order valence-corrected chi connectivity index (χ0v) is 6.04. The van der Waals surface area contributed by atoms with Gasteiger partial charge in [0, 0.05) is 13.7 Å². The standard InChI is InChI=1S/C7H12O3/c1-10-4-5-2-3-6(5)7(8)9/h5-6H,2-4H2,1H3,(H,8,9)/t5-,6+/m0/s1. The summed E-state index contributed by atoms with van der Waals surface area (Å²) in [4.78, 5) is 10.4. The van der Waals surface area contributed by atoms with E-state index in [9.17, 15) is 4.79 Å². The third kappa shape index (κ3) is 1.29. The topological polar surface area (TPSA) is 46.5 Å². The van der Waals surface area contributed by atoms with Gasteiger partial charge in [0.2, 0.25) is 0 Å². The Morgan fingerprint density at radius 1 is 1.70 bits per heavy atom. The monoisotopic (exact) mass is 144 g/mol. The van der Waals surface area contributed by atoms with Crippen molar-refractivity contribution >= 4 is 5.97 Å². The molecule has 0 bridgehead atoms. The van der Waals surface area contributed by atoms with Crippen molar-refractivity contribution in [2.75, 3.05) is 13.7 Å². The minimum Gasteiger partial charge on any atom is -0.481 e. The fourth-order valence-electron chi connectivity index (χ4n) is 1.31. The van der Waals surface area contributed by atoms with Crippen LogP contribution in [0.25, 0.3) is 0 Å². The molecule has 1 rings (SSSR count). The fraction of sp³-hybridized carbons (Fsp3) is 0.857. The van der Waals surface area contributed by atoms with E-state index < -0.39 is 5.97 Å². The highest BCUT2D eigenvalue weighted by atomic mass is 16.5. The highest BCUT2D eigenvalue weighted by Gasteiger charge is 2.36. The number of carboxylic acids is 1. The van der Waals surface area contributed by atoms with Crippen molar-refractivity contribution in [1.82, 2.24) is 0 Å². The van der Waals surface area contributed by atoms with Crippen LogP contribution in [-0.4, -0.2) is 24.8 Å². The molecule has 1 fully saturated rings. The second-order valence-electron chi connectivity index (χ2n) is 2.74. The molecule has 0 aromatic heterocycles. The van der Waals surface area contributed by atoms with Gasteiger partial charge >= 0.3 is 5.97 Å². The first-order valence-electron chi connectivity index (χ1n) is 3.47. The molecule has 1 N–H and O–H groups in total. The maximum absolute atomic E-state index is 10.4. The summed E-state index contributed by atoms with van der Waals surface area (Å²) >= 11 is 0. The lowest BCUT2D eigenvalue weighted by atomic mass is 9.74. The van der Waals surface area contributed by atoms with Crippen molar-refractivity contribution in [2.24, 2.45) is 11.8 Å². The number of hydrogen-bond acceptors (Lipinski definition) is 2. The van der Waals surface area contributed by atoms with E-state index in [-0.39, 0.29) is 11.8 Å². The minimum atomic E-state index is -0.673. The van der Waals surface area contributed by atoms with Gasteiger partial charge in [-0.15, -0.1) is 0 Å². The maximum Gasteiger partial charge on any atom is 0.306 e. The van der Waals surface area contributed by atoms with Gasteiger partial charge < -0.3 is 9.84 Å². The molecule has 1 saturated carbocycles. The van der Waals surface area contributed by atoms with Crippen LogP contribution < -0.4 is 0 Å². The quantitative estimate of drug-likeness (QED) is 0.635. The average Bonchev–Trinajstić information content (AvgIpc) is 1.78. The number of rotatable bonds is 3. The molecule has 2 atom stereocenters. The molecule has 3 heteroatoms. The predicted octanol–water partition coefficient (Wildman–Crippen LogP) is 0.744. The summed E-state index contributed by atoms with van der Waals surface area (Å²) in [6.45, 7) is 0.594. The van der Waals surface area contributed by atoms with Crippen LogP contribution in [0.4, 0.5) is 0 Å². The van der Waals surface area contributed by atoms with Crippen LogP contribution in [0.15, 0.2) is 0 Å². The van der Waals surface area contributed by atoms with Gasteiger partial charge in [-0.3, -0.25) is 4.79 Å². The van der Waals surface area contributed by atoms with E-state index in [0.717, 1.165) is 12.8 Å². The summed E-state index contributed by atoms with van der Waals surface area (Å²) in [5.41, 5.74) is 0. The van der Waals surface area contributed by atoms with Gasteiger partial charge in [0.1, 0.15) is 0 Å². The predicted molar refractivity (Wildman–Crippen MR) is 35.7 cm³/mol. The van der Waals surface area contributed by atoms with Crippen molar-refractivity contribution in [3.05, 3.63) is 0 Å². The first-order chi connectivity index (χ1) is 4.75. The number of carbonyl (C=O) groups is 1. The normalized spacial score (nSPS) is 31.3. The largest absolute Gasteiger partial charge is 0.481 e. The second kappa shape index (κ2) is 3.01. The molecule has 0 radical (unpaired) electrons. The number of aliphatic carboxylic acids is 1. The van der Waals surface area contributed by atoms with Crippen molar-refractivity contribution in [1.29, 1.82) is 0 Å². The van der Waals surface area contributed by atoms with Crippen molar-refractivity contribution in [3.63, 3.8) is 0 Å². The Morgan fingerprint density at radius 2 is 2.40 bits per heavy atom. The van der Waals surface area contributed by atoms with Crippen LogP contribution in [0.2, 0.25) is 0 Å². The third-order valence-electron chi connectivity index (χ3n) is 2.12. The summed E-state index contributed by atoms with van der Waals surface area (Å²) in [7, 11) is 1.61. The molecule has 0 aliphatic heterocycles. The lowest BCUT2D eigenvalue weighted by molar-refractivity contribution is -0.149. The van der Waals surface area contributed by atoms with Crippen LogP contribution in [0.1, 0.15) is 12.8 Å². The summed E-state index contributed by atoms with van der Waals surface area (Å²) in [6, 6.07) is 0. The van der Waals surface area contributed by atoms with Gasteiger partial charge in [0.15, 0.2) is 0 Å². The van der Waals surface area contributed by atoms with Gasteiger partial charge in [0.25, 0.3) is 0 Å². The van der Waals surface area contributed by atoms with Crippen molar-refractivity contribution < 1.29 is 14.6 Å². The van der Waals surface area contributed by atoms with Gasteiger partial charge in [-0.1, -0.05) is 0 Å².